The smallest absolute Gasteiger partial charge is 0.243 e. The van der Waals surface area contributed by atoms with Crippen LogP contribution in [0.2, 0.25) is 0 Å². The number of guanidine groups is 1. The van der Waals surface area contributed by atoms with E-state index in [-0.39, 0.29) is 12.5 Å². The molecule has 0 bridgehead atoms. The normalized spacial score (nSPS) is 17.2. The molecule has 0 atom stereocenters. The third-order valence-electron chi connectivity index (χ3n) is 3.49. The molecular formula is C15H31N5O. The first-order valence-corrected chi connectivity index (χ1v) is 7.89. The van der Waals surface area contributed by atoms with Gasteiger partial charge in [0.15, 0.2) is 5.96 Å². The van der Waals surface area contributed by atoms with E-state index in [9.17, 15) is 4.79 Å². The molecule has 0 aromatic rings. The van der Waals surface area contributed by atoms with E-state index in [0.29, 0.717) is 5.92 Å². The van der Waals surface area contributed by atoms with Crippen LogP contribution in [0.25, 0.3) is 0 Å². The number of carbonyl (C=O) groups excluding carboxylic acids is 1. The standard InChI is InChI=1S/C15H31N5O/c1-6-16-15(17-11-14(21)18(4)5)20-9-7-19(8-10-20)12-13(2)3/h13H,6-12H2,1-5H3,(H,16,17). The van der Waals surface area contributed by atoms with Crippen LogP contribution in [0.3, 0.4) is 0 Å². The number of piperazine rings is 1. The fourth-order valence-corrected chi connectivity index (χ4v) is 2.37. The fraction of sp³-hybridized carbons (Fsp3) is 0.867. The SMILES string of the molecule is CCNC(=NCC(=O)N(C)C)N1CCN(CC(C)C)CC1. The molecule has 1 aliphatic heterocycles. The number of nitrogens with zero attached hydrogens (tertiary/aromatic N) is 4. The lowest BCUT2D eigenvalue weighted by Crippen LogP contribution is -2.53. The minimum absolute atomic E-state index is 0.0313. The van der Waals surface area contributed by atoms with E-state index in [2.05, 4.69) is 40.9 Å². The third kappa shape index (κ3) is 6.33. The van der Waals surface area contributed by atoms with Crippen molar-refractivity contribution in [2.24, 2.45) is 10.9 Å². The Labute approximate surface area is 129 Å². The number of nitrogens with one attached hydrogen (secondary N) is 1. The number of likely N-dealkylation sites (N-methyl/N-ethyl adjacent to an activating group) is 1. The van der Waals surface area contributed by atoms with Crippen LogP contribution in [-0.2, 0) is 4.79 Å². The molecule has 0 saturated carbocycles. The van der Waals surface area contributed by atoms with E-state index in [1.165, 1.54) is 0 Å². The predicted molar refractivity (Wildman–Crippen MR) is 87.5 cm³/mol. The summed E-state index contributed by atoms with van der Waals surface area (Å²) in [6, 6.07) is 0. The van der Waals surface area contributed by atoms with Gasteiger partial charge >= 0.3 is 0 Å². The van der Waals surface area contributed by atoms with Crippen molar-refractivity contribution in [1.82, 2.24) is 20.0 Å². The molecule has 0 radical (unpaired) electrons. The van der Waals surface area contributed by atoms with E-state index in [1.54, 1.807) is 19.0 Å². The zero-order valence-corrected chi connectivity index (χ0v) is 14.2. The minimum Gasteiger partial charge on any atom is -0.357 e. The summed E-state index contributed by atoms with van der Waals surface area (Å²) in [6.07, 6.45) is 0. The van der Waals surface area contributed by atoms with Crippen LogP contribution >= 0.6 is 0 Å². The Hall–Kier alpha value is -1.30. The zero-order chi connectivity index (χ0) is 15.8. The monoisotopic (exact) mass is 297 g/mol. The van der Waals surface area contributed by atoms with Crippen LogP contribution in [0, 0.1) is 5.92 Å². The minimum atomic E-state index is 0.0313. The molecule has 0 aliphatic carbocycles. The number of hydrogen-bond acceptors (Lipinski definition) is 3. The second-order valence-electron chi connectivity index (χ2n) is 6.14. The number of rotatable bonds is 5. The second kappa shape index (κ2) is 8.87. The van der Waals surface area contributed by atoms with Crippen LogP contribution in [0.1, 0.15) is 20.8 Å². The summed E-state index contributed by atoms with van der Waals surface area (Å²) in [5, 5.41) is 3.29. The van der Waals surface area contributed by atoms with Crippen molar-refractivity contribution in [1.29, 1.82) is 0 Å². The Morgan fingerprint density at radius 3 is 2.33 bits per heavy atom. The lowest BCUT2D eigenvalue weighted by Gasteiger charge is -2.37. The van der Waals surface area contributed by atoms with Gasteiger partial charge in [0, 0.05) is 53.4 Å². The summed E-state index contributed by atoms with van der Waals surface area (Å²) in [6.45, 7) is 12.8. The van der Waals surface area contributed by atoms with Crippen LogP contribution in [0.15, 0.2) is 4.99 Å². The van der Waals surface area contributed by atoms with Crippen LogP contribution < -0.4 is 5.32 Å². The van der Waals surface area contributed by atoms with E-state index in [1.807, 2.05) is 0 Å². The Bertz CT molecular complexity index is 346. The number of hydrogen-bond donors (Lipinski definition) is 1. The molecule has 122 valence electrons. The van der Waals surface area contributed by atoms with Crippen molar-refractivity contribution in [3.63, 3.8) is 0 Å². The maximum atomic E-state index is 11.7. The molecule has 0 aromatic carbocycles. The molecule has 1 amide bonds. The molecule has 1 N–H and O–H groups in total. The van der Waals surface area contributed by atoms with Gasteiger partial charge in [0.05, 0.1) is 0 Å². The molecule has 6 nitrogen and oxygen atoms in total. The summed E-state index contributed by atoms with van der Waals surface area (Å²) in [7, 11) is 3.52. The van der Waals surface area contributed by atoms with Gasteiger partial charge in [0.2, 0.25) is 5.91 Å². The summed E-state index contributed by atoms with van der Waals surface area (Å²) in [4.78, 5) is 22.5. The molecule has 0 spiro atoms. The molecule has 0 aromatic heterocycles. The first-order valence-electron chi connectivity index (χ1n) is 7.89. The first kappa shape index (κ1) is 17.8. The first-order chi connectivity index (χ1) is 9.93. The highest BCUT2D eigenvalue weighted by molar-refractivity contribution is 5.84. The van der Waals surface area contributed by atoms with Crippen molar-refractivity contribution >= 4 is 11.9 Å². The van der Waals surface area contributed by atoms with Crippen molar-refractivity contribution in [3.05, 3.63) is 0 Å². The Morgan fingerprint density at radius 1 is 1.24 bits per heavy atom. The lowest BCUT2D eigenvalue weighted by atomic mass is 10.2. The van der Waals surface area contributed by atoms with E-state index in [0.717, 1.165) is 45.2 Å². The van der Waals surface area contributed by atoms with Gasteiger partial charge in [-0.1, -0.05) is 13.8 Å². The molecule has 6 heteroatoms. The third-order valence-corrected chi connectivity index (χ3v) is 3.49. The van der Waals surface area contributed by atoms with Gasteiger partial charge in [-0.3, -0.25) is 9.69 Å². The average molecular weight is 297 g/mol. The quantitative estimate of drug-likeness (QED) is 0.586. The highest BCUT2D eigenvalue weighted by Crippen LogP contribution is 2.05. The van der Waals surface area contributed by atoms with Gasteiger partial charge in [0.1, 0.15) is 6.54 Å². The molecule has 0 unspecified atom stereocenters. The Morgan fingerprint density at radius 2 is 1.86 bits per heavy atom. The van der Waals surface area contributed by atoms with E-state index in [4.69, 9.17) is 0 Å². The van der Waals surface area contributed by atoms with Crippen molar-refractivity contribution < 1.29 is 4.79 Å². The molecule has 1 rings (SSSR count). The van der Waals surface area contributed by atoms with Crippen molar-refractivity contribution in [3.8, 4) is 0 Å². The maximum absolute atomic E-state index is 11.7. The number of carbonyl (C=O) groups is 1. The average Bonchev–Trinajstić information content (AvgIpc) is 2.43. The molecule has 1 heterocycles. The summed E-state index contributed by atoms with van der Waals surface area (Å²) < 4.78 is 0. The predicted octanol–water partition coefficient (Wildman–Crippen LogP) is 0.314. The largest absolute Gasteiger partial charge is 0.357 e. The number of amides is 1. The van der Waals surface area contributed by atoms with Gasteiger partial charge in [-0.2, -0.15) is 0 Å². The topological polar surface area (TPSA) is 51.2 Å². The summed E-state index contributed by atoms with van der Waals surface area (Å²) in [5.74, 6) is 1.59. The Balaban J connectivity index is 2.54. The summed E-state index contributed by atoms with van der Waals surface area (Å²) in [5.41, 5.74) is 0. The summed E-state index contributed by atoms with van der Waals surface area (Å²) >= 11 is 0. The lowest BCUT2D eigenvalue weighted by molar-refractivity contribution is -0.127. The molecule has 21 heavy (non-hydrogen) atoms. The van der Waals surface area contributed by atoms with Gasteiger partial charge in [-0.15, -0.1) is 0 Å². The zero-order valence-electron chi connectivity index (χ0n) is 14.2. The van der Waals surface area contributed by atoms with Gasteiger partial charge < -0.3 is 15.1 Å². The van der Waals surface area contributed by atoms with Crippen LogP contribution in [0.5, 0.6) is 0 Å². The number of aliphatic imine (C=N–C) groups is 1. The molecular weight excluding hydrogens is 266 g/mol. The highest BCUT2D eigenvalue weighted by Gasteiger charge is 2.20. The fourth-order valence-electron chi connectivity index (χ4n) is 2.37. The van der Waals surface area contributed by atoms with Crippen molar-refractivity contribution in [2.45, 2.75) is 20.8 Å². The van der Waals surface area contributed by atoms with Crippen LogP contribution in [0.4, 0.5) is 0 Å². The highest BCUT2D eigenvalue weighted by atomic mass is 16.2. The Kier molecular flexibility index (Phi) is 7.50. The second-order valence-corrected chi connectivity index (χ2v) is 6.14. The maximum Gasteiger partial charge on any atom is 0.243 e. The van der Waals surface area contributed by atoms with Crippen molar-refractivity contribution in [2.75, 3.05) is 59.9 Å². The molecule has 1 saturated heterocycles. The molecule has 1 aliphatic rings. The molecule has 1 fully saturated rings. The van der Waals surface area contributed by atoms with E-state index < -0.39 is 0 Å². The van der Waals surface area contributed by atoms with Crippen LogP contribution in [-0.4, -0.2) is 86.5 Å². The van der Waals surface area contributed by atoms with Gasteiger partial charge in [0.25, 0.3) is 0 Å². The van der Waals surface area contributed by atoms with E-state index >= 15 is 0 Å². The van der Waals surface area contributed by atoms with Gasteiger partial charge in [-0.25, -0.2) is 4.99 Å². The van der Waals surface area contributed by atoms with Gasteiger partial charge in [-0.05, 0) is 12.8 Å².